The third kappa shape index (κ3) is 39.6. The van der Waals surface area contributed by atoms with Crippen LogP contribution in [0.25, 0.3) is 0 Å². The molecule has 0 amide bonds. The van der Waals surface area contributed by atoms with Crippen molar-refractivity contribution in [2.75, 3.05) is 6.61 Å². The Hall–Kier alpha value is -1.05. The molecule has 0 rings (SSSR count). The van der Waals surface area contributed by atoms with Crippen LogP contribution < -0.4 is 10.2 Å². The molecule has 0 aliphatic carbocycles. The third-order valence-electron chi connectivity index (χ3n) is 2.52. The van der Waals surface area contributed by atoms with E-state index in [0.717, 1.165) is 32.1 Å². The molecule has 0 aliphatic rings. The number of ketones is 2. The van der Waals surface area contributed by atoms with Crippen LogP contribution in [0, 0.1) is 0 Å². The summed E-state index contributed by atoms with van der Waals surface area (Å²) in [7, 11) is 0. The Kier molecular flexibility index (Phi) is 31.9. The van der Waals surface area contributed by atoms with E-state index in [2.05, 4.69) is 0 Å². The van der Waals surface area contributed by atoms with Crippen LogP contribution >= 0.6 is 0 Å². The average molecular weight is 394 g/mol. The maximum Gasteiger partial charge on any atom is 2.00 e. The molecule has 7 nitrogen and oxygen atoms in total. The quantitative estimate of drug-likeness (QED) is 0.389. The second-order valence-corrected chi connectivity index (χ2v) is 5.11. The number of aliphatic hydroxyl groups is 1. The minimum atomic E-state index is -1.28. The third-order valence-corrected chi connectivity index (χ3v) is 2.52. The number of unbranched alkanes of at least 4 members (excludes halogenated alkanes) is 2. The molecule has 25 heavy (non-hydrogen) atoms. The summed E-state index contributed by atoms with van der Waals surface area (Å²) in [6.45, 7) is 6.15. The van der Waals surface area contributed by atoms with Crippen molar-refractivity contribution in [2.24, 2.45) is 0 Å². The van der Waals surface area contributed by atoms with Crippen molar-refractivity contribution in [3.63, 3.8) is 0 Å². The molecule has 0 aromatic carbocycles. The monoisotopic (exact) mass is 394 g/mol. The predicted molar refractivity (Wildman–Crippen MR) is 85.7 cm³/mol. The zero-order valence-corrected chi connectivity index (χ0v) is 17.0. The number of rotatable bonds is 11. The van der Waals surface area contributed by atoms with Crippen LogP contribution in [0.15, 0.2) is 0 Å². The molecule has 1 N–H and O–H groups in total. The molecule has 0 aromatic heterocycles. The molecule has 0 fully saturated rings. The summed E-state index contributed by atoms with van der Waals surface area (Å²) in [5, 5.41) is 27.6. The summed E-state index contributed by atoms with van der Waals surface area (Å²) in [5.74, 6) is -3.02. The van der Waals surface area contributed by atoms with E-state index >= 15 is 0 Å². The van der Waals surface area contributed by atoms with Crippen molar-refractivity contribution in [1.82, 2.24) is 0 Å². The molecule has 8 heteroatoms. The molecule has 0 heterocycles. The molecule has 0 saturated carbocycles. The van der Waals surface area contributed by atoms with E-state index in [4.69, 9.17) is 5.11 Å². The van der Waals surface area contributed by atoms with Gasteiger partial charge in [0.15, 0.2) is 0 Å². The van der Waals surface area contributed by atoms with Crippen molar-refractivity contribution < 1.29 is 56.2 Å². The van der Waals surface area contributed by atoms with E-state index in [1.807, 2.05) is 20.8 Å². The summed E-state index contributed by atoms with van der Waals surface area (Å²) >= 11 is 0. The molecule has 0 spiro atoms. The van der Waals surface area contributed by atoms with E-state index in [1.165, 1.54) is 0 Å². The first-order valence-corrected chi connectivity index (χ1v) is 8.28. The first-order valence-electron chi connectivity index (χ1n) is 8.28. The van der Waals surface area contributed by atoms with Gasteiger partial charge in [0.2, 0.25) is 0 Å². The van der Waals surface area contributed by atoms with Crippen molar-refractivity contribution in [2.45, 2.75) is 78.6 Å². The van der Waals surface area contributed by atoms with Crippen LogP contribution in [0.2, 0.25) is 0 Å². The number of aliphatic carboxylic acids is 2. The Bertz CT molecular complexity index is 323. The standard InChI is InChI=1S/2C7H12O3.C3H8O.Ti/c2*1-2-3-4-6(8)5-7(9)10;1-2-3-4;/h2*2-5H2,1H3,(H,9,10);4H,2-3H2,1H3;/q;;;+2/p-2. The molecule has 0 atom stereocenters. The maximum atomic E-state index is 10.6. The molecular formula is C17H30O7Ti. The number of hydrogen-bond donors (Lipinski definition) is 1. The number of carboxylic acid groups (broad SMARTS) is 2. The summed E-state index contributed by atoms with van der Waals surface area (Å²) in [6, 6.07) is 0. The Morgan fingerprint density at radius 2 is 1.00 bits per heavy atom. The van der Waals surface area contributed by atoms with Gasteiger partial charge in [-0.05, 0) is 19.3 Å². The number of carbonyl (C=O) groups excluding carboxylic acids is 4. The van der Waals surface area contributed by atoms with Gasteiger partial charge >= 0.3 is 21.7 Å². The average Bonchev–Trinajstić information content (AvgIpc) is 2.50. The zero-order valence-electron chi connectivity index (χ0n) is 15.5. The van der Waals surface area contributed by atoms with Crippen molar-refractivity contribution in [3.05, 3.63) is 0 Å². The topological polar surface area (TPSA) is 135 Å². The van der Waals surface area contributed by atoms with Gasteiger partial charge in [0.1, 0.15) is 11.6 Å². The Balaban J connectivity index is -0.000000141. The molecule has 0 aromatic rings. The van der Waals surface area contributed by atoms with Gasteiger partial charge in [-0.3, -0.25) is 9.59 Å². The van der Waals surface area contributed by atoms with E-state index in [9.17, 15) is 29.4 Å². The van der Waals surface area contributed by atoms with E-state index < -0.39 is 24.8 Å². The van der Waals surface area contributed by atoms with Crippen LogP contribution in [0.1, 0.15) is 78.6 Å². The van der Waals surface area contributed by atoms with Gasteiger partial charge in [-0.1, -0.05) is 33.6 Å². The Morgan fingerprint density at radius 1 is 0.720 bits per heavy atom. The van der Waals surface area contributed by atoms with Crippen molar-refractivity contribution in [3.8, 4) is 0 Å². The van der Waals surface area contributed by atoms with Crippen LogP contribution in [-0.4, -0.2) is 35.2 Å². The van der Waals surface area contributed by atoms with Gasteiger partial charge in [-0.25, -0.2) is 0 Å². The molecule has 0 unspecified atom stereocenters. The van der Waals surface area contributed by atoms with Crippen molar-refractivity contribution in [1.29, 1.82) is 0 Å². The number of carbonyl (C=O) groups is 4. The first-order chi connectivity index (χ1) is 11.2. The largest absolute Gasteiger partial charge is 2.00 e. The van der Waals surface area contributed by atoms with Crippen molar-refractivity contribution >= 4 is 23.5 Å². The summed E-state index contributed by atoms with van der Waals surface area (Å²) in [5.41, 5.74) is 0. The van der Waals surface area contributed by atoms with Gasteiger partial charge < -0.3 is 24.9 Å². The maximum absolute atomic E-state index is 10.6. The van der Waals surface area contributed by atoms with Gasteiger partial charge in [-0.2, -0.15) is 0 Å². The van der Waals surface area contributed by atoms with Crippen LogP contribution in [0.5, 0.6) is 0 Å². The number of carboxylic acids is 2. The summed E-state index contributed by atoms with van der Waals surface area (Å²) in [4.78, 5) is 40.9. The van der Waals surface area contributed by atoms with Crippen LogP contribution in [0.4, 0.5) is 0 Å². The first kappa shape index (κ1) is 31.7. The molecule has 0 radical (unpaired) electrons. The van der Waals surface area contributed by atoms with E-state index in [-0.39, 0.29) is 33.3 Å². The molecular weight excluding hydrogens is 364 g/mol. The predicted octanol–water partition coefficient (Wildman–Crippen LogP) is 0.158. The fourth-order valence-corrected chi connectivity index (χ4v) is 1.25. The second-order valence-electron chi connectivity index (χ2n) is 5.11. The van der Waals surface area contributed by atoms with Crippen LogP contribution in [-0.2, 0) is 40.9 Å². The summed E-state index contributed by atoms with van der Waals surface area (Å²) < 4.78 is 0. The van der Waals surface area contributed by atoms with E-state index in [0.29, 0.717) is 19.4 Å². The number of Topliss-reactive ketones (excluding diaryl/α,β-unsaturated/α-hetero) is 2. The SMILES string of the molecule is CCCCC(=O)CC(=O)[O-].CCCCC(=O)CC(=O)[O-].CCCO.[Ti+2]. The molecule has 144 valence electrons. The fourth-order valence-electron chi connectivity index (χ4n) is 1.25. The Morgan fingerprint density at radius 3 is 1.16 bits per heavy atom. The fraction of sp³-hybridized carbons (Fsp3) is 0.765. The van der Waals surface area contributed by atoms with Gasteiger partial charge in [0, 0.05) is 44.2 Å². The normalized spacial score (nSPS) is 8.64. The van der Waals surface area contributed by atoms with E-state index in [1.54, 1.807) is 0 Å². The van der Waals surface area contributed by atoms with Gasteiger partial charge in [0.25, 0.3) is 0 Å². The summed E-state index contributed by atoms with van der Waals surface area (Å²) in [6.07, 6.45) is 4.12. The minimum absolute atomic E-state index is 0. The molecule has 0 bridgehead atoms. The zero-order chi connectivity index (χ0) is 19.4. The smallest absolute Gasteiger partial charge is 0.550 e. The minimum Gasteiger partial charge on any atom is -0.550 e. The number of aliphatic hydroxyl groups excluding tert-OH is 1. The number of hydrogen-bond acceptors (Lipinski definition) is 7. The van der Waals surface area contributed by atoms with Gasteiger partial charge in [-0.15, -0.1) is 0 Å². The van der Waals surface area contributed by atoms with Crippen LogP contribution in [0.3, 0.4) is 0 Å². The second kappa shape index (κ2) is 25.2. The van der Waals surface area contributed by atoms with Gasteiger partial charge in [0.05, 0.1) is 0 Å². The molecule has 0 saturated heterocycles. The Labute approximate surface area is 165 Å². The molecule has 0 aliphatic heterocycles.